The largest absolute Gasteiger partial charge is 0.382 e. The zero-order valence-corrected chi connectivity index (χ0v) is 9.31. The van der Waals surface area contributed by atoms with Gasteiger partial charge in [-0.1, -0.05) is 11.6 Å². The number of nitrogens with zero attached hydrogens (tertiary/aromatic N) is 5. The van der Waals surface area contributed by atoms with Crippen LogP contribution in [0.5, 0.6) is 0 Å². The third-order valence-corrected chi connectivity index (χ3v) is 2.25. The Hall–Kier alpha value is -1.89. The number of nitrogen functional groups attached to an aromatic ring is 1. The minimum atomic E-state index is 0.244. The number of aromatic nitrogens is 5. The van der Waals surface area contributed by atoms with E-state index in [2.05, 4.69) is 25.4 Å². The Labute approximate surface area is 96.7 Å². The first kappa shape index (κ1) is 10.6. The molecule has 2 aromatic rings. The van der Waals surface area contributed by atoms with Crippen LogP contribution in [-0.2, 0) is 13.6 Å². The van der Waals surface area contributed by atoms with Gasteiger partial charge in [-0.05, 0) is 0 Å². The topological polar surface area (TPSA) is 94.5 Å². The molecule has 0 aliphatic carbocycles. The molecule has 0 saturated heterocycles. The molecule has 0 radical (unpaired) electrons. The van der Waals surface area contributed by atoms with Gasteiger partial charge in [-0.3, -0.25) is 4.68 Å². The lowest BCUT2D eigenvalue weighted by molar-refractivity contribution is 0.747. The standard InChI is InChI=1S/C8H10ClN7/c1-16-4-14-5(15-16)2-11-8-6(9)7(10)12-3-13-8/h3-4H,2H2,1H3,(H3,10,11,12,13). The summed E-state index contributed by atoms with van der Waals surface area (Å²) < 4.78 is 1.62. The average molecular weight is 240 g/mol. The predicted molar refractivity (Wildman–Crippen MR) is 59.8 cm³/mol. The SMILES string of the molecule is Cn1cnc(CNc2ncnc(N)c2Cl)n1. The van der Waals surface area contributed by atoms with Gasteiger partial charge in [0.15, 0.2) is 11.6 Å². The molecule has 0 unspecified atom stereocenters. The van der Waals surface area contributed by atoms with E-state index in [1.165, 1.54) is 6.33 Å². The van der Waals surface area contributed by atoms with Crippen LogP contribution in [0.25, 0.3) is 0 Å². The van der Waals surface area contributed by atoms with Gasteiger partial charge in [-0.2, -0.15) is 5.10 Å². The number of aryl methyl sites for hydroxylation is 1. The summed E-state index contributed by atoms with van der Waals surface area (Å²) in [4.78, 5) is 11.8. The van der Waals surface area contributed by atoms with Gasteiger partial charge in [0.05, 0.1) is 6.54 Å². The molecule has 16 heavy (non-hydrogen) atoms. The van der Waals surface area contributed by atoms with Gasteiger partial charge in [0.2, 0.25) is 0 Å². The van der Waals surface area contributed by atoms with E-state index in [-0.39, 0.29) is 5.82 Å². The molecule has 0 aliphatic rings. The van der Waals surface area contributed by atoms with Crippen molar-refractivity contribution < 1.29 is 0 Å². The number of nitrogens with two attached hydrogens (primary N) is 1. The maximum Gasteiger partial charge on any atom is 0.169 e. The zero-order valence-electron chi connectivity index (χ0n) is 8.55. The van der Waals surface area contributed by atoms with Crippen molar-refractivity contribution in [2.75, 3.05) is 11.1 Å². The second kappa shape index (κ2) is 4.31. The van der Waals surface area contributed by atoms with Gasteiger partial charge >= 0.3 is 0 Å². The molecule has 3 N–H and O–H groups in total. The second-order valence-electron chi connectivity index (χ2n) is 3.11. The van der Waals surface area contributed by atoms with Crippen molar-refractivity contribution in [3.8, 4) is 0 Å². The number of halogens is 1. The van der Waals surface area contributed by atoms with Crippen LogP contribution >= 0.6 is 11.6 Å². The van der Waals surface area contributed by atoms with Crippen molar-refractivity contribution in [1.82, 2.24) is 24.7 Å². The molecule has 0 saturated carbocycles. The number of hydrogen-bond donors (Lipinski definition) is 2. The molecular formula is C8H10ClN7. The third-order valence-electron chi connectivity index (χ3n) is 1.88. The minimum Gasteiger partial charge on any atom is -0.382 e. The molecule has 0 spiro atoms. The summed E-state index contributed by atoms with van der Waals surface area (Å²) in [7, 11) is 1.80. The first-order valence-corrected chi connectivity index (χ1v) is 4.89. The third kappa shape index (κ3) is 2.19. The van der Waals surface area contributed by atoms with E-state index in [4.69, 9.17) is 17.3 Å². The fourth-order valence-corrected chi connectivity index (χ4v) is 1.30. The van der Waals surface area contributed by atoms with Crippen LogP contribution in [0.3, 0.4) is 0 Å². The molecule has 0 aliphatic heterocycles. The van der Waals surface area contributed by atoms with Gasteiger partial charge in [-0.15, -0.1) is 0 Å². The van der Waals surface area contributed by atoms with Gasteiger partial charge in [0.1, 0.15) is 23.5 Å². The lowest BCUT2D eigenvalue weighted by Crippen LogP contribution is -2.06. The summed E-state index contributed by atoms with van der Waals surface area (Å²) >= 11 is 5.91. The van der Waals surface area contributed by atoms with Crippen LogP contribution in [0, 0.1) is 0 Å². The molecule has 0 atom stereocenters. The van der Waals surface area contributed by atoms with E-state index in [1.54, 1.807) is 18.1 Å². The quantitative estimate of drug-likeness (QED) is 0.808. The number of nitrogens with one attached hydrogen (secondary N) is 1. The van der Waals surface area contributed by atoms with Gasteiger partial charge < -0.3 is 11.1 Å². The van der Waals surface area contributed by atoms with E-state index in [9.17, 15) is 0 Å². The average Bonchev–Trinajstić information content (AvgIpc) is 2.67. The second-order valence-corrected chi connectivity index (χ2v) is 3.49. The highest BCUT2D eigenvalue weighted by molar-refractivity contribution is 6.35. The van der Waals surface area contributed by atoms with E-state index in [0.717, 1.165) is 0 Å². The molecule has 8 heteroatoms. The van der Waals surface area contributed by atoms with Crippen molar-refractivity contribution in [3.05, 3.63) is 23.5 Å². The molecule has 2 rings (SSSR count). The molecule has 2 aromatic heterocycles. The van der Waals surface area contributed by atoms with E-state index in [1.807, 2.05) is 0 Å². The van der Waals surface area contributed by atoms with Crippen LogP contribution < -0.4 is 11.1 Å². The monoisotopic (exact) mass is 239 g/mol. The fraction of sp³-hybridized carbons (Fsp3) is 0.250. The Morgan fingerprint density at radius 1 is 1.44 bits per heavy atom. The first-order valence-electron chi connectivity index (χ1n) is 4.51. The predicted octanol–water partition coefficient (Wildman–Crippen LogP) is 0.453. The van der Waals surface area contributed by atoms with E-state index in [0.29, 0.717) is 23.2 Å². The minimum absolute atomic E-state index is 0.244. The molecule has 0 amide bonds. The Morgan fingerprint density at radius 2 is 2.25 bits per heavy atom. The van der Waals surface area contributed by atoms with E-state index >= 15 is 0 Å². The normalized spacial score (nSPS) is 10.4. The summed E-state index contributed by atoms with van der Waals surface area (Å²) in [6.45, 7) is 0.428. The first-order chi connectivity index (χ1) is 7.66. The molecule has 0 fully saturated rings. The van der Waals surface area contributed by atoms with Crippen LogP contribution in [-0.4, -0.2) is 24.7 Å². The van der Waals surface area contributed by atoms with Crippen molar-refractivity contribution in [3.63, 3.8) is 0 Å². The lowest BCUT2D eigenvalue weighted by Gasteiger charge is -2.05. The van der Waals surface area contributed by atoms with Gasteiger partial charge in [0, 0.05) is 7.05 Å². The summed E-state index contributed by atoms with van der Waals surface area (Å²) in [6, 6.07) is 0. The van der Waals surface area contributed by atoms with E-state index < -0.39 is 0 Å². The Morgan fingerprint density at radius 3 is 2.94 bits per heavy atom. The highest BCUT2D eigenvalue weighted by Crippen LogP contribution is 2.23. The molecule has 7 nitrogen and oxygen atoms in total. The maximum absolute atomic E-state index is 5.91. The van der Waals surface area contributed by atoms with Crippen molar-refractivity contribution in [1.29, 1.82) is 0 Å². The van der Waals surface area contributed by atoms with Crippen LogP contribution in [0.2, 0.25) is 5.02 Å². The zero-order chi connectivity index (χ0) is 11.5. The van der Waals surface area contributed by atoms with Crippen molar-refractivity contribution in [2.24, 2.45) is 7.05 Å². The number of anilines is 2. The Bertz CT molecular complexity index is 495. The summed E-state index contributed by atoms with van der Waals surface area (Å²) in [6.07, 6.45) is 2.96. The van der Waals surface area contributed by atoms with Crippen LogP contribution in [0.4, 0.5) is 11.6 Å². The van der Waals surface area contributed by atoms with Gasteiger partial charge in [-0.25, -0.2) is 15.0 Å². The highest BCUT2D eigenvalue weighted by Gasteiger charge is 2.06. The van der Waals surface area contributed by atoms with Crippen molar-refractivity contribution in [2.45, 2.75) is 6.54 Å². The molecule has 84 valence electrons. The van der Waals surface area contributed by atoms with Gasteiger partial charge in [0.25, 0.3) is 0 Å². The smallest absolute Gasteiger partial charge is 0.169 e. The summed E-state index contributed by atoms with van der Waals surface area (Å²) in [5.41, 5.74) is 5.54. The lowest BCUT2D eigenvalue weighted by atomic mass is 10.5. The molecule has 0 aromatic carbocycles. The Kier molecular flexibility index (Phi) is 2.86. The number of hydrogen-bond acceptors (Lipinski definition) is 6. The summed E-state index contributed by atoms with van der Waals surface area (Å²) in [5, 5.41) is 7.39. The molecule has 2 heterocycles. The fourth-order valence-electron chi connectivity index (χ4n) is 1.13. The molecular weight excluding hydrogens is 230 g/mol. The van der Waals surface area contributed by atoms with Crippen LogP contribution in [0.15, 0.2) is 12.7 Å². The Balaban J connectivity index is 2.07. The number of rotatable bonds is 3. The highest BCUT2D eigenvalue weighted by atomic mass is 35.5. The van der Waals surface area contributed by atoms with Crippen molar-refractivity contribution >= 4 is 23.2 Å². The van der Waals surface area contributed by atoms with Crippen LogP contribution in [0.1, 0.15) is 5.82 Å². The maximum atomic E-state index is 5.91. The molecule has 0 bridgehead atoms. The summed E-state index contributed by atoms with van der Waals surface area (Å²) in [5.74, 6) is 1.37.